The lowest BCUT2D eigenvalue weighted by atomic mass is 9.99. The fourth-order valence-corrected chi connectivity index (χ4v) is 3.83. The summed E-state index contributed by atoms with van der Waals surface area (Å²) in [6, 6.07) is 13.5. The Labute approximate surface area is 159 Å². The van der Waals surface area contributed by atoms with Gasteiger partial charge in [-0.2, -0.15) is 0 Å². The van der Waals surface area contributed by atoms with Gasteiger partial charge in [-0.15, -0.1) is 0 Å². The number of aromatic nitrogens is 1. The fourth-order valence-electron chi connectivity index (χ4n) is 3.83. The molecule has 27 heavy (non-hydrogen) atoms. The highest BCUT2D eigenvalue weighted by molar-refractivity contribution is 5.85. The molecule has 3 aromatic rings. The summed E-state index contributed by atoms with van der Waals surface area (Å²) >= 11 is 0. The van der Waals surface area contributed by atoms with E-state index in [1.54, 1.807) is 6.20 Å². The second-order valence-corrected chi connectivity index (χ2v) is 7.04. The zero-order chi connectivity index (χ0) is 18.6. The average molecular weight is 358 g/mol. The first-order chi connectivity index (χ1) is 13.3. The van der Waals surface area contributed by atoms with Gasteiger partial charge in [-0.3, -0.25) is 0 Å². The highest BCUT2D eigenvalue weighted by Gasteiger charge is 2.14. The molecule has 1 aliphatic heterocycles. The van der Waals surface area contributed by atoms with Crippen molar-refractivity contribution in [2.24, 2.45) is 5.73 Å². The summed E-state index contributed by atoms with van der Waals surface area (Å²) in [4.78, 5) is 3.25. The standard InChI is InChI=1S/C23H26N4/c1-2-3-17-13-19(16-4-5-22-18(12-16)6-11-26-22)14-23(21(17)15-24)27-20-7-9-25-10-8-20/h2-6,11-15,20,25-27H,1,7-10,24H2/b17-3-,21-15+. The van der Waals surface area contributed by atoms with Crippen molar-refractivity contribution < 1.29 is 0 Å². The second kappa shape index (κ2) is 7.72. The maximum Gasteiger partial charge on any atom is 0.0454 e. The Bertz CT molecular complexity index is 1070. The van der Waals surface area contributed by atoms with Crippen LogP contribution in [0.5, 0.6) is 0 Å². The lowest BCUT2D eigenvalue weighted by molar-refractivity contribution is 0.479. The minimum Gasteiger partial charge on any atom is -0.404 e. The molecule has 0 aliphatic carbocycles. The van der Waals surface area contributed by atoms with Gasteiger partial charge in [0.25, 0.3) is 0 Å². The molecule has 0 spiro atoms. The van der Waals surface area contributed by atoms with Gasteiger partial charge >= 0.3 is 0 Å². The normalized spacial score (nSPS) is 16.7. The van der Waals surface area contributed by atoms with Gasteiger partial charge in [0.1, 0.15) is 0 Å². The molecule has 1 fully saturated rings. The number of hydrogen-bond donors (Lipinski definition) is 4. The third kappa shape index (κ3) is 3.62. The smallest absolute Gasteiger partial charge is 0.0454 e. The van der Waals surface area contributed by atoms with Gasteiger partial charge in [0, 0.05) is 34.9 Å². The Morgan fingerprint density at radius 1 is 1.07 bits per heavy atom. The third-order valence-electron chi connectivity index (χ3n) is 5.26. The van der Waals surface area contributed by atoms with Gasteiger partial charge in [-0.1, -0.05) is 24.8 Å². The van der Waals surface area contributed by atoms with Gasteiger partial charge in [-0.05, 0) is 78.0 Å². The van der Waals surface area contributed by atoms with E-state index in [1.807, 2.05) is 18.3 Å². The molecule has 138 valence electrons. The lowest BCUT2D eigenvalue weighted by Crippen LogP contribution is -2.38. The Kier molecular flexibility index (Phi) is 4.99. The molecule has 0 unspecified atom stereocenters. The molecule has 4 nitrogen and oxygen atoms in total. The van der Waals surface area contributed by atoms with Crippen LogP contribution >= 0.6 is 0 Å². The first kappa shape index (κ1) is 17.4. The van der Waals surface area contributed by atoms with Crippen molar-refractivity contribution in [3.05, 3.63) is 65.7 Å². The number of allylic oxidation sites excluding steroid dienone is 1. The number of rotatable bonds is 4. The van der Waals surface area contributed by atoms with Crippen LogP contribution < -0.4 is 26.8 Å². The summed E-state index contributed by atoms with van der Waals surface area (Å²) in [5, 5.41) is 10.5. The summed E-state index contributed by atoms with van der Waals surface area (Å²) in [5.74, 6) is 0. The summed E-state index contributed by atoms with van der Waals surface area (Å²) in [7, 11) is 0. The molecular formula is C23H26N4. The minimum atomic E-state index is 0.462. The zero-order valence-electron chi connectivity index (χ0n) is 15.5. The molecule has 5 N–H and O–H groups in total. The number of aromatic amines is 1. The maximum absolute atomic E-state index is 6.00. The van der Waals surface area contributed by atoms with Gasteiger partial charge in [0.2, 0.25) is 0 Å². The predicted molar refractivity (Wildman–Crippen MR) is 116 cm³/mol. The van der Waals surface area contributed by atoms with Crippen LogP contribution in [0.2, 0.25) is 0 Å². The van der Waals surface area contributed by atoms with Gasteiger partial charge in [0.05, 0.1) is 0 Å². The Morgan fingerprint density at radius 3 is 2.70 bits per heavy atom. The zero-order valence-corrected chi connectivity index (χ0v) is 15.5. The molecular weight excluding hydrogens is 332 g/mol. The van der Waals surface area contributed by atoms with E-state index in [-0.39, 0.29) is 0 Å². The van der Waals surface area contributed by atoms with Crippen LogP contribution in [-0.2, 0) is 0 Å². The van der Waals surface area contributed by atoms with E-state index in [0.717, 1.165) is 47.6 Å². The van der Waals surface area contributed by atoms with Gasteiger partial charge in [0.15, 0.2) is 0 Å². The van der Waals surface area contributed by atoms with Crippen molar-refractivity contribution in [3.8, 4) is 11.1 Å². The van der Waals surface area contributed by atoms with E-state index in [2.05, 4.69) is 58.6 Å². The molecule has 0 bridgehead atoms. The molecule has 1 saturated heterocycles. The van der Waals surface area contributed by atoms with E-state index < -0.39 is 0 Å². The second-order valence-electron chi connectivity index (χ2n) is 7.04. The van der Waals surface area contributed by atoms with Crippen LogP contribution in [0.1, 0.15) is 12.8 Å². The van der Waals surface area contributed by atoms with Crippen molar-refractivity contribution in [3.63, 3.8) is 0 Å². The van der Waals surface area contributed by atoms with Gasteiger partial charge < -0.3 is 21.4 Å². The van der Waals surface area contributed by atoms with Crippen LogP contribution in [0, 0.1) is 0 Å². The number of H-pyrrole nitrogens is 1. The van der Waals surface area contributed by atoms with Crippen molar-refractivity contribution >= 4 is 28.9 Å². The highest BCUT2D eigenvalue weighted by atomic mass is 15.0. The Morgan fingerprint density at radius 2 is 1.93 bits per heavy atom. The molecule has 0 radical (unpaired) electrons. The number of nitrogens with two attached hydrogens (primary N) is 1. The quantitative estimate of drug-likeness (QED) is 0.580. The summed E-state index contributed by atoms with van der Waals surface area (Å²) in [6.45, 7) is 5.97. The first-order valence-electron chi connectivity index (χ1n) is 9.52. The predicted octanol–water partition coefficient (Wildman–Crippen LogP) is 2.66. The number of benzene rings is 2. The molecule has 2 aromatic carbocycles. The molecule has 2 heterocycles. The number of fused-ring (bicyclic) bond motifs is 1. The van der Waals surface area contributed by atoms with E-state index in [1.165, 1.54) is 16.5 Å². The molecule has 1 aromatic heterocycles. The molecule has 0 saturated carbocycles. The fraction of sp³-hybridized carbons (Fsp3) is 0.217. The Hall–Kier alpha value is -2.98. The first-order valence-corrected chi connectivity index (χ1v) is 9.52. The van der Waals surface area contributed by atoms with Crippen LogP contribution in [0.3, 0.4) is 0 Å². The number of hydrogen-bond acceptors (Lipinski definition) is 3. The van der Waals surface area contributed by atoms with Crippen molar-refractivity contribution in [1.29, 1.82) is 0 Å². The number of nitrogens with one attached hydrogen (secondary N) is 3. The topological polar surface area (TPSA) is 65.9 Å². The molecule has 0 atom stereocenters. The van der Waals surface area contributed by atoms with Crippen LogP contribution in [0.4, 0.5) is 5.69 Å². The molecule has 0 amide bonds. The van der Waals surface area contributed by atoms with E-state index in [4.69, 9.17) is 5.73 Å². The van der Waals surface area contributed by atoms with Gasteiger partial charge in [-0.25, -0.2) is 0 Å². The molecule has 1 aliphatic rings. The van der Waals surface area contributed by atoms with E-state index in [9.17, 15) is 0 Å². The molecule has 4 rings (SSSR count). The van der Waals surface area contributed by atoms with Crippen LogP contribution in [0.25, 0.3) is 34.3 Å². The van der Waals surface area contributed by atoms with Crippen LogP contribution in [0.15, 0.2) is 55.3 Å². The lowest BCUT2D eigenvalue weighted by Gasteiger charge is -2.25. The highest BCUT2D eigenvalue weighted by Crippen LogP contribution is 2.24. The Balaban J connectivity index is 1.83. The SMILES string of the molecule is C=C/C=c1/cc(-c2ccc3[nH]ccc3c2)cc(NC2CCNCC2)/c1=C/N. The minimum absolute atomic E-state index is 0.462. The summed E-state index contributed by atoms with van der Waals surface area (Å²) in [5.41, 5.74) is 10.6. The number of anilines is 1. The van der Waals surface area contributed by atoms with E-state index >= 15 is 0 Å². The monoisotopic (exact) mass is 358 g/mol. The van der Waals surface area contributed by atoms with Crippen molar-refractivity contribution in [2.45, 2.75) is 18.9 Å². The summed E-state index contributed by atoms with van der Waals surface area (Å²) < 4.78 is 0. The van der Waals surface area contributed by atoms with Crippen molar-refractivity contribution in [1.82, 2.24) is 10.3 Å². The maximum atomic E-state index is 6.00. The van der Waals surface area contributed by atoms with Crippen LogP contribution in [-0.4, -0.2) is 24.1 Å². The van der Waals surface area contributed by atoms with Crippen molar-refractivity contribution in [2.75, 3.05) is 18.4 Å². The number of piperidine rings is 1. The molecule has 4 heteroatoms. The third-order valence-corrected chi connectivity index (χ3v) is 5.26. The summed E-state index contributed by atoms with van der Waals surface area (Å²) in [6.07, 6.45) is 9.73. The van der Waals surface area contributed by atoms with E-state index in [0.29, 0.717) is 6.04 Å². The average Bonchev–Trinajstić information content (AvgIpc) is 3.17. The largest absolute Gasteiger partial charge is 0.404 e.